The number of thiophene rings is 1. The zero-order valence-corrected chi connectivity index (χ0v) is 12.2. The van der Waals surface area contributed by atoms with E-state index in [1.807, 2.05) is 17.5 Å². The van der Waals surface area contributed by atoms with Crippen LogP contribution in [0.5, 0.6) is 0 Å². The first kappa shape index (κ1) is 13.4. The van der Waals surface area contributed by atoms with Crippen molar-refractivity contribution in [3.05, 3.63) is 22.3 Å². The van der Waals surface area contributed by atoms with Gasteiger partial charge in [0.25, 0.3) is 0 Å². The fraction of sp³-hybridized carbons (Fsp3) is 0.400. The summed E-state index contributed by atoms with van der Waals surface area (Å²) in [5.41, 5.74) is 0. The maximum atomic E-state index is 11.5. The van der Waals surface area contributed by atoms with Gasteiger partial charge in [-0.3, -0.25) is 9.67 Å². The molecule has 0 aliphatic rings. The van der Waals surface area contributed by atoms with E-state index in [9.17, 15) is 8.42 Å². The third-order valence-electron chi connectivity index (χ3n) is 2.57. The number of rotatable bonds is 5. The lowest BCUT2D eigenvalue weighted by Crippen LogP contribution is -2.15. The van der Waals surface area contributed by atoms with Crippen molar-refractivity contribution in [2.24, 2.45) is 0 Å². The lowest BCUT2D eigenvalue weighted by Gasteiger charge is -2.05. The van der Waals surface area contributed by atoms with Gasteiger partial charge in [-0.2, -0.15) is 5.10 Å². The Labute approximate surface area is 114 Å². The molecule has 0 aliphatic carbocycles. The first-order valence-corrected chi connectivity index (χ1v) is 8.54. The van der Waals surface area contributed by atoms with E-state index in [4.69, 9.17) is 12.2 Å². The van der Waals surface area contributed by atoms with Crippen LogP contribution in [0.1, 0.15) is 6.92 Å². The van der Waals surface area contributed by atoms with Crippen LogP contribution in [0.4, 0.5) is 0 Å². The molecule has 2 rings (SSSR count). The van der Waals surface area contributed by atoms with Crippen LogP contribution in [0, 0.1) is 4.77 Å². The number of nitrogens with zero attached hydrogens (tertiary/aromatic N) is 2. The van der Waals surface area contributed by atoms with Crippen molar-refractivity contribution in [1.82, 2.24) is 14.8 Å². The number of hydrogen-bond donors (Lipinski definition) is 1. The smallest absolute Gasteiger partial charge is 0.195 e. The van der Waals surface area contributed by atoms with Crippen molar-refractivity contribution < 1.29 is 8.42 Å². The largest absolute Gasteiger partial charge is 0.298 e. The molecule has 0 aromatic carbocycles. The van der Waals surface area contributed by atoms with Gasteiger partial charge in [-0.15, -0.1) is 11.3 Å². The average molecular weight is 303 g/mol. The van der Waals surface area contributed by atoms with Crippen LogP contribution in [-0.2, 0) is 16.4 Å². The molecule has 2 aromatic heterocycles. The van der Waals surface area contributed by atoms with E-state index in [-0.39, 0.29) is 11.5 Å². The highest BCUT2D eigenvalue weighted by Gasteiger charge is 2.13. The molecule has 0 spiro atoms. The van der Waals surface area contributed by atoms with Crippen molar-refractivity contribution >= 4 is 33.4 Å². The van der Waals surface area contributed by atoms with Gasteiger partial charge < -0.3 is 0 Å². The Morgan fingerprint density at radius 3 is 2.94 bits per heavy atom. The number of aromatic nitrogens is 3. The van der Waals surface area contributed by atoms with Gasteiger partial charge in [-0.1, -0.05) is 13.0 Å². The molecular weight excluding hydrogens is 290 g/mol. The molecule has 0 aliphatic heterocycles. The fourth-order valence-electron chi connectivity index (χ4n) is 1.49. The summed E-state index contributed by atoms with van der Waals surface area (Å²) >= 11 is 6.67. The second-order valence-electron chi connectivity index (χ2n) is 3.72. The van der Waals surface area contributed by atoms with Gasteiger partial charge in [-0.25, -0.2) is 8.42 Å². The highest BCUT2D eigenvalue weighted by atomic mass is 32.2. The number of sulfone groups is 1. The number of nitrogens with one attached hydrogen (secondary N) is 1. The molecular formula is C10H13N3O2S3. The Balaban J connectivity index is 2.29. The lowest BCUT2D eigenvalue weighted by atomic mass is 10.4. The predicted octanol–water partition coefficient (Wildman–Crippen LogP) is 2.10. The number of H-pyrrole nitrogens is 1. The molecule has 18 heavy (non-hydrogen) atoms. The molecule has 0 amide bonds. The number of aromatic amines is 1. The van der Waals surface area contributed by atoms with Crippen LogP contribution in [0.15, 0.2) is 17.5 Å². The van der Waals surface area contributed by atoms with Crippen LogP contribution >= 0.6 is 23.6 Å². The Bertz CT molecular complexity index is 668. The first-order valence-electron chi connectivity index (χ1n) is 5.43. The molecule has 0 saturated carbocycles. The van der Waals surface area contributed by atoms with Gasteiger partial charge >= 0.3 is 0 Å². The van der Waals surface area contributed by atoms with Gasteiger partial charge in [0.05, 0.1) is 10.6 Å². The zero-order chi connectivity index (χ0) is 13.2. The first-order chi connectivity index (χ1) is 8.53. The molecule has 0 atom stereocenters. The van der Waals surface area contributed by atoms with Crippen molar-refractivity contribution in [3.63, 3.8) is 0 Å². The minimum Gasteiger partial charge on any atom is -0.298 e. The van der Waals surface area contributed by atoms with Crippen molar-refractivity contribution in [3.8, 4) is 10.7 Å². The summed E-state index contributed by atoms with van der Waals surface area (Å²) < 4.78 is 25.2. The van der Waals surface area contributed by atoms with E-state index in [1.165, 1.54) is 0 Å². The maximum absolute atomic E-state index is 11.5. The van der Waals surface area contributed by atoms with Gasteiger partial charge in [0, 0.05) is 12.3 Å². The molecule has 98 valence electrons. The highest BCUT2D eigenvalue weighted by molar-refractivity contribution is 7.91. The van der Waals surface area contributed by atoms with Gasteiger partial charge in [0.1, 0.15) is 0 Å². The standard InChI is InChI=1S/C10H13N3O2S3/c1-2-18(14,15)7-5-13-9(11-12-10(13)16)8-4-3-6-17-8/h3-4,6H,2,5,7H2,1H3,(H,12,16). The summed E-state index contributed by atoms with van der Waals surface area (Å²) in [7, 11) is -3.00. The Kier molecular flexibility index (Phi) is 3.98. The Morgan fingerprint density at radius 1 is 1.56 bits per heavy atom. The SMILES string of the molecule is CCS(=O)(=O)CCn1c(-c2cccs2)n[nH]c1=S. The normalized spacial score (nSPS) is 11.8. The van der Waals surface area contributed by atoms with Gasteiger partial charge in [0.15, 0.2) is 20.4 Å². The van der Waals surface area contributed by atoms with Crippen LogP contribution in [0.3, 0.4) is 0 Å². The Morgan fingerprint density at radius 2 is 2.33 bits per heavy atom. The van der Waals surface area contributed by atoms with E-state index < -0.39 is 9.84 Å². The van der Waals surface area contributed by atoms with Crippen molar-refractivity contribution in [1.29, 1.82) is 0 Å². The second-order valence-corrected chi connectivity index (χ2v) is 7.52. The maximum Gasteiger partial charge on any atom is 0.195 e. The average Bonchev–Trinajstić information content (AvgIpc) is 2.96. The van der Waals surface area contributed by atoms with Crippen molar-refractivity contribution in [2.75, 3.05) is 11.5 Å². The topological polar surface area (TPSA) is 67.8 Å². The third-order valence-corrected chi connectivity index (χ3v) is 5.43. The van der Waals surface area contributed by atoms with Crippen molar-refractivity contribution in [2.45, 2.75) is 13.5 Å². The lowest BCUT2D eigenvalue weighted by molar-refractivity contribution is 0.590. The molecule has 0 fully saturated rings. The summed E-state index contributed by atoms with van der Waals surface area (Å²) in [6.07, 6.45) is 0. The van der Waals surface area contributed by atoms with E-state index >= 15 is 0 Å². The van der Waals surface area contributed by atoms with Crippen LogP contribution in [0.2, 0.25) is 0 Å². The van der Waals surface area contributed by atoms with E-state index in [1.54, 1.807) is 22.8 Å². The molecule has 5 nitrogen and oxygen atoms in total. The summed E-state index contributed by atoms with van der Waals surface area (Å²) in [6, 6.07) is 3.85. The molecule has 0 bridgehead atoms. The monoisotopic (exact) mass is 303 g/mol. The third kappa shape index (κ3) is 2.88. The quantitative estimate of drug-likeness (QED) is 0.859. The van der Waals surface area contributed by atoms with Gasteiger partial charge in [-0.05, 0) is 23.7 Å². The number of hydrogen-bond acceptors (Lipinski definition) is 5. The summed E-state index contributed by atoms with van der Waals surface area (Å²) in [4.78, 5) is 0.969. The molecule has 8 heteroatoms. The summed E-state index contributed by atoms with van der Waals surface area (Å²) in [5.74, 6) is 0.920. The predicted molar refractivity (Wildman–Crippen MR) is 75.1 cm³/mol. The Hall–Kier alpha value is -0.990. The van der Waals surface area contributed by atoms with Gasteiger partial charge in [0.2, 0.25) is 0 Å². The summed E-state index contributed by atoms with van der Waals surface area (Å²) in [5, 5.41) is 8.80. The summed E-state index contributed by atoms with van der Waals surface area (Å²) in [6.45, 7) is 1.98. The van der Waals surface area contributed by atoms with E-state index in [0.29, 0.717) is 17.1 Å². The second kappa shape index (κ2) is 5.33. The van der Waals surface area contributed by atoms with E-state index in [0.717, 1.165) is 4.88 Å². The van der Waals surface area contributed by atoms with Crippen LogP contribution in [-0.4, -0.2) is 34.7 Å². The van der Waals surface area contributed by atoms with Crippen LogP contribution < -0.4 is 0 Å². The van der Waals surface area contributed by atoms with E-state index in [2.05, 4.69) is 10.2 Å². The molecule has 0 radical (unpaired) electrons. The fourth-order valence-corrected chi connectivity index (χ4v) is 3.19. The molecule has 0 saturated heterocycles. The zero-order valence-electron chi connectivity index (χ0n) is 9.79. The molecule has 2 aromatic rings. The minimum atomic E-state index is -3.00. The molecule has 1 N–H and O–H groups in total. The molecule has 2 heterocycles. The van der Waals surface area contributed by atoms with Crippen LogP contribution in [0.25, 0.3) is 10.7 Å². The minimum absolute atomic E-state index is 0.0791. The highest BCUT2D eigenvalue weighted by Crippen LogP contribution is 2.22. The molecule has 0 unspecified atom stereocenters.